The van der Waals surface area contributed by atoms with Crippen LogP contribution in [0.15, 0.2) is 42.6 Å². The zero-order chi connectivity index (χ0) is 13.1. The minimum atomic E-state index is 0.112. The average molecular weight is 251 g/mol. The fourth-order valence-corrected chi connectivity index (χ4v) is 2.70. The van der Waals surface area contributed by atoms with Gasteiger partial charge in [-0.05, 0) is 30.5 Å². The van der Waals surface area contributed by atoms with Crippen LogP contribution >= 0.6 is 0 Å². The van der Waals surface area contributed by atoms with E-state index in [2.05, 4.69) is 23.2 Å². The van der Waals surface area contributed by atoms with E-state index in [0.29, 0.717) is 5.78 Å². The van der Waals surface area contributed by atoms with Crippen LogP contribution in [0.4, 0.5) is 0 Å². The van der Waals surface area contributed by atoms with Gasteiger partial charge >= 0.3 is 0 Å². The molecule has 1 fully saturated rings. The Bertz CT molecular complexity index is 625. The number of rotatable bonds is 2. The number of ketones is 1. The highest BCUT2D eigenvalue weighted by molar-refractivity contribution is 5.89. The Labute approximate surface area is 113 Å². The molecule has 1 aliphatic carbocycles. The molecule has 0 radical (unpaired) electrons. The number of carbonyl (C=O) groups is 1. The highest BCUT2D eigenvalue weighted by Crippen LogP contribution is 2.24. The predicted octanol–water partition coefficient (Wildman–Crippen LogP) is 4.01. The highest BCUT2D eigenvalue weighted by Gasteiger charge is 2.19. The molecule has 1 aromatic heterocycles. The van der Waals surface area contributed by atoms with Crippen LogP contribution < -0.4 is 0 Å². The van der Waals surface area contributed by atoms with E-state index in [1.54, 1.807) is 0 Å². The average Bonchev–Trinajstić information content (AvgIpc) is 2.46. The fourth-order valence-electron chi connectivity index (χ4n) is 2.70. The second-order valence-electron chi connectivity index (χ2n) is 5.10. The normalized spacial score (nSPS) is 20.2. The molecule has 1 saturated carbocycles. The van der Waals surface area contributed by atoms with Crippen LogP contribution in [0.5, 0.6) is 0 Å². The minimum Gasteiger partial charge on any atom is -0.299 e. The number of aromatic nitrogens is 1. The molecule has 1 unspecified atom stereocenters. The molecule has 1 aromatic carbocycles. The summed E-state index contributed by atoms with van der Waals surface area (Å²) in [6.07, 6.45) is 9.94. The summed E-state index contributed by atoms with van der Waals surface area (Å²) in [6, 6.07) is 10.1. The van der Waals surface area contributed by atoms with Crippen molar-refractivity contribution in [2.24, 2.45) is 5.92 Å². The maximum atomic E-state index is 11.8. The Kier molecular flexibility index (Phi) is 3.41. The first-order valence-corrected chi connectivity index (χ1v) is 6.89. The lowest BCUT2D eigenvalue weighted by atomic mass is 9.87. The van der Waals surface area contributed by atoms with Crippen LogP contribution in [0, 0.1) is 5.92 Å². The van der Waals surface area contributed by atoms with Crippen LogP contribution in [0.25, 0.3) is 17.0 Å². The van der Waals surface area contributed by atoms with Crippen molar-refractivity contribution >= 4 is 22.8 Å². The van der Waals surface area contributed by atoms with Crippen LogP contribution in [0.1, 0.15) is 31.2 Å². The van der Waals surface area contributed by atoms with Gasteiger partial charge in [0.1, 0.15) is 5.78 Å². The molecule has 1 atom stereocenters. The van der Waals surface area contributed by atoms with E-state index in [1.807, 2.05) is 30.5 Å². The Hall–Kier alpha value is -1.96. The summed E-state index contributed by atoms with van der Waals surface area (Å²) in [6.45, 7) is 0. The van der Waals surface area contributed by atoms with Gasteiger partial charge in [-0.25, -0.2) is 0 Å². The van der Waals surface area contributed by atoms with E-state index in [1.165, 1.54) is 0 Å². The first kappa shape index (κ1) is 12.1. The first-order valence-electron chi connectivity index (χ1n) is 6.89. The molecule has 0 N–H and O–H groups in total. The Morgan fingerprint density at radius 2 is 2.05 bits per heavy atom. The number of hydrogen-bond donors (Lipinski definition) is 0. The Morgan fingerprint density at radius 3 is 2.95 bits per heavy atom. The van der Waals surface area contributed by atoms with Crippen molar-refractivity contribution in [1.29, 1.82) is 0 Å². The third-order valence-corrected chi connectivity index (χ3v) is 3.79. The molecule has 0 spiro atoms. The van der Waals surface area contributed by atoms with Crippen LogP contribution in [-0.4, -0.2) is 10.8 Å². The third kappa shape index (κ3) is 2.58. The lowest BCUT2D eigenvalue weighted by Crippen LogP contribution is -2.16. The van der Waals surface area contributed by atoms with Gasteiger partial charge in [-0.15, -0.1) is 0 Å². The van der Waals surface area contributed by atoms with Gasteiger partial charge in [-0.1, -0.05) is 36.8 Å². The van der Waals surface area contributed by atoms with Gasteiger partial charge in [0.25, 0.3) is 0 Å². The number of benzene rings is 1. The number of nitrogens with zero attached hydrogens (tertiary/aromatic N) is 1. The summed E-state index contributed by atoms with van der Waals surface area (Å²) in [5.74, 6) is 0.501. The van der Waals surface area contributed by atoms with Gasteiger partial charge in [0, 0.05) is 23.9 Å². The monoisotopic (exact) mass is 251 g/mol. The van der Waals surface area contributed by atoms with E-state index >= 15 is 0 Å². The summed E-state index contributed by atoms with van der Waals surface area (Å²) in [5.41, 5.74) is 2.14. The molecule has 0 amide bonds. The maximum absolute atomic E-state index is 11.8. The standard InChI is InChI=1S/C17H17NO/c19-17-8-4-1-5-14(17)10-9-13-11-12-18-16-7-3-2-6-15(13)16/h2-3,6-7,9-12,14H,1,4-5,8H2/b10-9+. The molecule has 2 heteroatoms. The van der Waals surface area contributed by atoms with Gasteiger partial charge < -0.3 is 0 Å². The summed E-state index contributed by atoms with van der Waals surface area (Å²) in [4.78, 5) is 16.2. The van der Waals surface area contributed by atoms with Gasteiger partial charge in [-0.2, -0.15) is 0 Å². The van der Waals surface area contributed by atoms with Crippen LogP contribution in [0.2, 0.25) is 0 Å². The van der Waals surface area contributed by atoms with E-state index in [9.17, 15) is 4.79 Å². The number of carbonyl (C=O) groups excluding carboxylic acids is 1. The zero-order valence-corrected chi connectivity index (χ0v) is 10.9. The summed E-state index contributed by atoms with van der Waals surface area (Å²) in [7, 11) is 0. The SMILES string of the molecule is O=C1CCCCC1/C=C/c1ccnc2ccccc12. The van der Waals surface area contributed by atoms with Crippen molar-refractivity contribution in [3.63, 3.8) is 0 Å². The van der Waals surface area contributed by atoms with Crippen LogP contribution in [-0.2, 0) is 4.79 Å². The molecule has 1 heterocycles. The lowest BCUT2D eigenvalue weighted by molar-refractivity contribution is -0.122. The number of para-hydroxylation sites is 1. The number of pyridine rings is 1. The third-order valence-electron chi connectivity index (χ3n) is 3.79. The summed E-state index contributed by atoms with van der Waals surface area (Å²) < 4.78 is 0. The van der Waals surface area contributed by atoms with Gasteiger partial charge in [-0.3, -0.25) is 9.78 Å². The Balaban J connectivity index is 1.90. The van der Waals surface area contributed by atoms with Crippen molar-refractivity contribution in [3.05, 3.63) is 48.2 Å². The summed E-state index contributed by atoms with van der Waals surface area (Å²) >= 11 is 0. The van der Waals surface area contributed by atoms with Crippen LogP contribution in [0.3, 0.4) is 0 Å². The zero-order valence-electron chi connectivity index (χ0n) is 10.9. The summed E-state index contributed by atoms with van der Waals surface area (Å²) in [5, 5.41) is 1.14. The number of hydrogen-bond acceptors (Lipinski definition) is 2. The van der Waals surface area contributed by atoms with E-state index in [0.717, 1.165) is 42.1 Å². The molecule has 2 nitrogen and oxygen atoms in total. The fraction of sp³-hybridized carbons (Fsp3) is 0.294. The largest absolute Gasteiger partial charge is 0.299 e. The number of fused-ring (bicyclic) bond motifs is 1. The number of allylic oxidation sites excluding steroid dienone is 1. The molecule has 96 valence electrons. The second kappa shape index (κ2) is 5.35. The van der Waals surface area contributed by atoms with Crippen molar-refractivity contribution in [3.8, 4) is 0 Å². The molecule has 0 saturated heterocycles. The minimum absolute atomic E-state index is 0.112. The number of Topliss-reactive ketones (excluding diaryl/α,β-unsaturated/α-hetero) is 1. The topological polar surface area (TPSA) is 30.0 Å². The molecular weight excluding hydrogens is 234 g/mol. The van der Waals surface area contributed by atoms with Gasteiger partial charge in [0.15, 0.2) is 0 Å². The molecule has 3 rings (SSSR count). The molecular formula is C17H17NO. The lowest BCUT2D eigenvalue weighted by Gasteiger charge is -2.16. The van der Waals surface area contributed by atoms with E-state index in [4.69, 9.17) is 0 Å². The highest BCUT2D eigenvalue weighted by atomic mass is 16.1. The van der Waals surface area contributed by atoms with E-state index in [-0.39, 0.29) is 5.92 Å². The van der Waals surface area contributed by atoms with Crippen molar-refractivity contribution in [2.75, 3.05) is 0 Å². The smallest absolute Gasteiger partial charge is 0.139 e. The molecule has 0 bridgehead atoms. The second-order valence-corrected chi connectivity index (χ2v) is 5.10. The van der Waals surface area contributed by atoms with Gasteiger partial charge in [0.05, 0.1) is 5.52 Å². The van der Waals surface area contributed by atoms with E-state index < -0.39 is 0 Å². The van der Waals surface area contributed by atoms with Gasteiger partial charge in [0.2, 0.25) is 0 Å². The van der Waals surface area contributed by atoms with Crippen molar-refractivity contribution in [1.82, 2.24) is 4.98 Å². The first-order chi connectivity index (χ1) is 9.34. The molecule has 19 heavy (non-hydrogen) atoms. The molecule has 1 aliphatic rings. The predicted molar refractivity (Wildman–Crippen MR) is 77.7 cm³/mol. The molecule has 0 aliphatic heterocycles. The quantitative estimate of drug-likeness (QED) is 0.807. The molecule has 2 aromatic rings. The maximum Gasteiger partial charge on any atom is 0.139 e. The Morgan fingerprint density at radius 1 is 1.16 bits per heavy atom. The van der Waals surface area contributed by atoms with Crippen molar-refractivity contribution < 1.29 is 4.79 Å². The van der Waals surface area contributed by atoms with Crippen molar-refractivity contribution in [2.45, 2.75) is 25.7 Å².